The van der Waals surface area contributed by atoms with Gasteiger partial charge in [0.1, 0.15) is 0 Å². The van der Waals surface area contributed by atoms with Crippen LogP contribution in [0.15, 0.2) is 0 Å². The number of nitrogens with zero attached hydrogens (tertiary/aromatic N) is 1. The molecule has 1 aliphatic heterocycles. The van der Waals surface area contributed by atoms with Gasteiger partial charge in [0.2, 0.25) is 0 Å². The molecule has 1 N–H and O–H groups in total. The fourth-order valence-corrected chi connectivity index (χ4v) is 3.21. The molecule has 0 aromatic heterocycles. The van der Waals surface area contributed by atoms with Crippen LogP contribution < -0.4 is 5.32 Å². The summed E-state index contributed by atoms with van der Waals surface area (Å²) < 4.78 is 0. The van der Waals surface area contributed by atoms with Gasteiger partial charge in [-0.15, -0.1) is 0 Å². The molecule has 2 fully saturated rings. The zero-order valence-corrected chi connectivity index (χ0v) is 11.8. The van der Waals surface area contributed by atoms with Crippen LogP contribution in [0.3, 0.4) is 0 Å². The topological polar surface area (TPSA) is 15.3 Å². The molecule has 2 nitrogen and oxygen atoms in total. The Morgan fingerprint density at radius 2 is 2.06 bits per heavy atom. The summed E-state index contributed by atoms with van der Waals surface area (Å²) in [4.78, 5) is 2.74. The molecule has 2 aliphatic rings. The molecule has 0 amide bonds. The lowest BCUT2D eigenvalue weighted by Gasteiger charge is -2.36. The van der Waals surface area contributed by atoms with E-state index in [2.05, 4.69) is 24.1 Å². The minimum Gasteiger partial charge on any atom is -0.313 e. The van der Waals surface area contributed by atoms with Crippen molar-refractivity contribution in [3.63, 3.8) is 0 Å². The van der Waals surface area contributed by atoms with E-state index in [1.54, 1.807) is 0 Å². The summed E-state index contributed by atoms with van der Waals surface area (Å²) in [5.74, 6) is 0.989. The van der Waals surface area contributed by atoms with Gasteiger partial charge in [-0.3, -0.25) is 4.90 Å². The molecule has 2 rings (SSSR count). The second-order valence-electron chi connectivity index (χ2n) is 6.05. The quantitative estimate of drug-likeness (QED) is 0.733. The average molecular weight is 238 g/mol. The summed E-state index contributed by atoms with van der Waals surface area (Å²) in [6.07, 6.45) is 9.95. The van der Waals surface area contributed by atoms with E-state index in [9.17, 15) is 0 Å². The van der Waals surface area contributed by atoms with Crippen LogP contribution in [-0.4, -0.2) is 36.6 Å². The molecule has 0 aromatic carbocycles. The lowest BCUT2D eigenvalue weighted by atomic mass is 9.98. The maximum atomic E-state index is 3.71. The monoisotopic (exact) mass is 238 g/mol. The maximum absolute atomic E-state index is 3.71. The predicted molar refractivity (Wildman–Crippen MR) is 74.3 cm³/mol. The fraction of sp³-hybridized carbons (Fsp3) is 1.00. The summed E-state index contributed by atoms with van der Waals surface area (Å²) in [6.45, 7) is 8.47. The second-order valence-corrected chi connectivity index (χ2v) is 6.05. The summed E-state index contributed by atoms with van der Waals surface area (Å²) in [5.41, 5.74) is 0. The lowest BCUT2D eigenvalue weighted by molar-refractivity contribution is 0.139. The van der Waals surface area contributed by atoms with Gasteiger partial charge in [0.15, 0.2) is 0 Å². The predicted octanol–water partition coefficient (Wildman–Crippen LogP) is 3.03. The van der Waals surface area contributed by atoms with Gasteiger partial charge in [-0.05, 0) is 51.5 Å². The molecule has 0 spiro atoms. The van der Waals surface area contributed by atoms with Crippen LogP contribution in [0.1, 0.15) is 58.8 Å². The first-order chi connectivity index (χ1) is 8.31. The van der Waals surface area contributed by atoms with Crippen molar-refractivity contribution < 1.29 is 0 Å². The number of likely N-dealkylation sites (tertiary alicyclic amines) is 1. The van der Waals surface area contributed by atoms with Crippen LogP contribution in [0.5, 0.6) is 0 Å². The molecule has 0 aromatic rings. The number of piperidine rings is 1. The molecule has 1 aliphatic carbocycles. The summed E-state index contributed by atoms with van der Waals surface area (Å²) in [5, 5.41) is 3.71. The number of rotatable bonds is 7. The SMILES string of the molecule is CCCC1CCCCN1CCNC(C)C1CC1. The Bertz CT molecular complexity index is 211. The Kier molecular flexibility index (Phi) is 5.30. The third-order valence-corrected chi connectivity index (χ3v) is 4.57. The van der Waals surface area contributed by atoms with Crippen molar-refractivity contribution in [2.45, 2.75) is 70.9 Å². The molecule has 2 unspecified atom stereocenters. The van der Waals surface area contributed by atoms with E-state index in [0.29, 0.717) is 0 Å². The highest BCUT2D eigenvalue weighted by molar-refractivity contribution is 4.84. The van der Waals surface area contributed by atoms with Gasteiger partial charge in [-0.2, -0.15) is 0 Å². The molecule has 0 bridgehead atoms. The van der Waals surface area contributed by atoms with Gasteiger partial charge in [0.05, 0.1) is 0 Å². The van der Waals surface area contributed by atoms with E-state index in [4.69, 9.17) is 0 Å². The first kappa shape index (κ1) is 13.4. The first-order valence-corrected chi connectivity index (χ1v) is 7.78. The minimum atomic E-state index is 0.754. The van der Waals surface area contributed by atoms with Crippen molar-refractivity contribution in [1.82, 2.24) is 10.2 Å². The average Bonchev–Trinajstić information content (AvgIpc) is 3.15. The molecule has 17 heavy (non-hydrogen) atoms. The highest BCUT2D eigenvalue weighted by Crippen LogP contribution is 2.32. The van der Waals surface area contributed by atoms with Crippen LogP contribution in [0.4, 0.5) is 0 Å². The van der Waals surface area contributed by atoms with E-state index in [0.717, 1.165) is 18.0 Å². The Morgan fingerprint density at radius 1 is 1.24 bits per heavy atom. The largest absolute Gasteiger partial charge is 0.313 e. The summed E-state index contributed by atoms with van der Waals surface area (Å²) in [7, 11) is 0. The highest BCUT2D eigenvalue weighted by Gasteiger charge is 2.27. The van der Waals surface area contributed by atoms with Gasteiger partial charge >= 0.3 is 0 Å². The molecule has 1 saturated carbocycles. The van der Waals surface area contributed by atoms with Gasteiger partial charge < -0.3 is 5.32 Å². The third kappa shape index (κ3) is 4.26. The van der Waals surface area contributed by atoms with Crippen molar-refractivity contribution in [1.29, 1.82) is 0 Å². The molecule has 1 heterocycles. The van der Waals surface area contributed by atoms with Crippen LogP contribution in [0.25, 0.3) is 0 Å². The van der Waals surface area contributed by atoms with Crippen LogP contribution >= 0.6 is 0 Å². The maximum Gasteiger partial charge on any atom is 0.0110 e. The summed E-state index contributed by atoms with van der Waals surface area (Å²) in [6, 6.07) is 1.64. The number of hydrogen-bond donors (Lipinski definition) is 1. The number of hydrogen-bond acceptors (Lipinski definition) is 2. The van der Waals surface area contributed by atoms with Crippen molar-refractivity contribution in [3.8, 4) is 0 Å². The van der Waals surface area contributed by atoms with Gasteiger partial charge in [-0.1, -0.05) is 19.8 Å². The molecule has 1 saturated heterocycles. The van der Waals surface area contributed by atoms with E-state index in [1.807, 2.05) is 0 Å². The van der Waals surface area contributed by atoms with E-state index in [-0.39, 0.29) is 0 Å². The van der Waals surface area contributed by atoms with E-state index in [1.165, 1.54) is 64.6 Å². The van der Waals surface area contributed by atoms with Crippen molar-refractivity contribution in [3.05, 3.63) is 0 Å². The zero-order valence-electron chi connectivity index (χ0n) is 11.8. The standard InChI is InChI=1S/C15H30N2/c1-3-6-15-7-4-5-11-17(15)12-10-16-13(2)14-8-9-14/h13-16H,3-12H2,1-2H3. The Hall–Kier alpha value is -0.0800. The molecule has 100 valence electrons. The van der Waals surface area contributed by atoms with Crippen LogP contribution in [0, 0.1) is 5.92 Å². The Balaban J connectivity index is 1.64. The molecular weight excluding hydrogens is 208 g/mol. The fourth-order valence-electron chi connectivity index (χ4n) is 3.21. The van der Waals surface area contributed by atoms with Gasteiger partial charge in [0, 0.05) is 25.2 Å². The third-order valence-electron chi connectivity index (χ3n) is 4.57. The van der Waals surface area contributed by atoms with Crippen LogP contribution in [-0.2, 0) is 0 Å². The van der Waals surface area contributed by atoms with Crippen LogP contribution in [0.2, 0.25) is 0 Å². The molecule has 2 heteroatoms. The second kappa shape index (κ2) is 6.75. The van der Waals surface area contributed by atoms with E-state index < -0.39 is 0 Å². The molecule has 2 atom stereocenters. The van der Waals surface area contributed by atoms with Crippen molar-refractivity contribution in [2.75, 3.05) is 19.6 Å². The highest BCUT2D eigenvalue weighted by atomic mass is 15.2. The van der Waals surface area contributed by atoms with Crippen molar-refractivity contribution in [2.24, 2.45) is 5.92 Å². The molecule has 0 radical (unpaired) electrons. The van der Waals surface area contributed by atoms with E-state index >= 15 is 0 Å². The lowest BCUT2D eigenvalue weighted by Crippen LogP contribution is -2.44. The zero-order chi connectivity index (χ0) is 12.1. The normalized spacial score (nSPS) is 28.2. The number of nitrogens with one attached hydrogen (secondary N) is 1. The summed E-state index contributed by atoms with van der Waals surface area (Å²) >= 11 is 0. The Morgan fingerprint density at radius 3 is 2.76 bits per heavy atom. The Labute approximate surface area is 107 Å². The first-order valence-electron chi connectivity index (χ1n) is 7.78. The van der Waals surface area contributed by atoms with Crippen molar-refractivity contribution >= 4 is 0 Å². The molecular formula is C15H30N2. The van der Waals surface area contributed by atoms with Gasteiger partial charge in [-0.25, -0.2) is 0 Å². The van der Waals surface area contributed by atoms with Gasteiger partial charge in [0.25, 0.3) is 0 Å². The minimum absolute atomic E-state index is 0.754. The smallest absolute Gasteiger partial charge is 0.0110 e.